The Hall–Kier alpha value is -1.63. The van der Waals surface area contributed by atoms with Gasteiger partial charge in [-0.3, -0.25) is 0 Å². The molecule has 1 aromatic heterocycles. The van der Waals surface area contributed by atoms with Crippen molar-refractivity contribution in [2.45, 2.75) is 52.7 Å². The van der Waals surface area contributed by atoms with Crippen LogP contribution in [0, 0.1) is 0 Å². The second-order valence-electron chi connectivity index (χ2n) is 5.80. The lowest BCUT2D eigenvalue weighted by molar-refractivity contribution is 0.0237. The largest absolute Gasteiger partial charge is 0.388 e. The molecule has 0 saturated heterocycles. The SMILES string of the molecule is CCN(CC)c1nc(N)nc(NC(C)(C)C(C)(C)O)n1. The summed E-state index contributed by atoms with van der Waals surface area (Å²) < 4.78 is 0. The van der Waals surface area contributed by atoms with Crippen LogP contribution in [0.2, 0.25) is 0 Å². The summed E-state index contributed by atoms with van der Waals surface area (Å²) >= 11 is 0. The van der Waals surface area contributed by atoms with Crippen LogP contribution >= 0.6 is 0 Å². The maximum Gasteiger partial charge on any atom is 0.231 e. The van der Waals surface area contributed by atoms with Gasteiger partial charge in [-0.05, 0) is 41.5 Å². The van der Waals surface area contributed by atoms with Crippen LogP contribution in [0.25, 0.3) is 0 Å². The summed E-state index contributed by atoms with van der Waals surface area (Å²) in [5.74, 6) is 1.07. The van der Waals surface area contributed by atoms with Crippen molar-refractivity contribution < 1.29 is 5.11 Å². The molecule has 114 valence electrons. The van der Waals surface area contributed by atoms with E-state index in [1.807, 2.05) is 32.6 Å². The standard InChI is InChI=1S/C13H26N6O/c1-7-19(8-2)11-16-9(14)15-10(17-11)18-12(3,4)13(5,6)20/h20H,7-8H2,1-6H3,(H3,14,15,16,17,18). The van der Waals surface area contributed by atoms with E-state index >= 15 is 0 Å². The fraction of sp³-hybridized carbons (Fsp3) is 0.769. The van der Waals surface area contributed by atoms with Crippen molar-refractivity contribution >= 4 is 17.8 Å². The normalized spacial score (nSPS) is 12.3. The average molecular weight is 282 g/mol. The number of aromatic nitrogens is 3. The molecule has 0 unspecified atom stereocenters. The van der Waals surface area contributed by atoms with E-state index in [1.54, 1.807) is 13.8 Å². The van der Waals surface area contributed by atoms with E-state index in [1.165, 1.54) is 0 Å². The van der Waals surface area contributed by atoms with Crippen molar-refractivity contribution in [1.82, 2.24) is 15.0 Å². The van der Waals surface area contributed by atoms with Gasteiger partial charge in [0, 0.05) is 13.1 Å². The van der Waals surface area contributed by atoms with E-state index in [-0.39, 0.29) is 5.95 Å². The van der Waals surface area contributed by atoms with E-state index in [4.69, 9.17) is 5.73 Å². The number of nitrogen functional groups attached to an aromatic ring is 1. The Morgan fingerprint density at radius 3 is 2.10 bits per heavy atom. The van der Waals surface area contributed by atoms with Crippen molar-refractivity contribution in [3.05, 3.63) is 0 Å². The van der Waals surface area contributed by atoms with Crippen molar-refractivity contribution in [1.29, 1.82) is 0 Å². The zero-order valence-electron chi connectivity index (χ0n) is 13.2. The summed E-state index contributed by atoms with van der Waals surface area (Å²) in [4.78, 5) is 14.6. The number of aliphatic hydroxyl groups is 1. The number of nitrogens with one attached hydrogen (secondary N) is 1. The van der Waals surface area contributed by atoms with Gasteiger partial charge in [-0.25, -0.2) is 0 Å². The van der Waals surface area contributed by atoms with Gasteiger partial charge in [0.25, 0.3) is 0 Å². The Bertz CT molecular complexity index is 451. The zero-order valence-corrected chi connectivity index (χ0v) is 13.2. The predicted molar refractivity (Wildman–Crippen MR) is 81.8 cm³/mol. The van der Waals surface area contributed by atoms with Crippen molar-refractivity contribution in [2.75, 3.05) is 29.0 Å². The minimum absolute atomic E-state index is 0.163. The Morgan fingerprint density at radius 1 is 1.10 bits per heavy atom. The van der Waals surface area contributed by atoms with Gasteiger partial charge < -0.3 is 21.1 Å². The lowest BCUT2D eigenvalue weighted by Gasteiger charge is -2.38. The molecule has 1 heterocycles. The second kappa shape index (κ2) is 5.78. The third-order valence-electron chi connectivity index (χ3n) is 3.64. The fourth-order valence-electron chi connectivity index (χ4n) is 1.52. The molecule has 0 aliphatic rings. The van der Waals surface area contributed by atoms with Gasteiger partial charge in [0.2, 0.25) is 17.8 Å². The molecular weight excluding hydrogens is 256 g/mol. The van der Waals surface area contributed by atoms with Gasteiger partial charge >= 0.3 is 0 Å². The van der Waals surface area contributed by atoms with Crippen LogP contribution in [0.3, 0.4) is 0 Å². The van der Waals surface area contributed by atoms with Gasteiger partial charge in [-0.15, -0.1) is 0 Å². The zero-order chi connectivity index (χ0) is 15.6. The third-order valence-corrected chi connectivity index (χ3v) is 3.64. The monoisotopic (exact) mass is 282 g/mol. The Labute approximate surface area is 120 Å². The van der Waals surface area contributed by atoms with Crippen molar-refractivity contribution in [3.63, 3.8) is 0 Å². The molecule has 0 atom stereocenters. The van der Waals surface area contributed by atoms with Gasteiger partial charge in [-0.2, -0.15) is 15.0 Å². The molecule has 1 rings (SSSR count). The average Bonchev–Trinajstić information content (AvgIpc) is 2.27. The molecule has 0 aromatic carbocycles. The molecule has 0 spiro atoms. The molecule has 0 fully saturated rings. The summed E-state index contributed by atoms with van der Waals surface area (Å²) in [5, 5.41) is 13.3. The van der Waals surface area contributed by atoms with E-state index in [9.17, 15) is 5.11 Å². The number of nitrogens with two attached hydrogens (primary N) is 1. The van der Waals surface area contributed by atoms with Gasteiger partial charge in [0.05, 0.1) is 11.1 Å². The Morgan fingerprint density at radius 2 is 1.65 bits per heavy atom. The minimum atomic E-state index is -0.941. The minimum Gasteiger partial charge on any atom is -0.388 e. The molecule has 1 aromatic rings. The van der Waals surface area contributed by atoms with Crippen LogP contribution in [-0.2, 0) is 0 Å². The first-order valence-corrected chi connectivity index (χ1v) is 6.87. The highest BCUT2D eigenvalue weighted by molar-refractivity contribution is 5.43. The predicted octanol–water partition coefficient (Wildman–Crippen LogP) is 1.26. The second-order valence-corrected chi connectivity index (χ2v) is 5.80. The molecule has 0 saturated carbocycles. The number of hydrogen-bond acceptors (Lipinski definition) is 7. The lowest BCUT2D eigenvalue weighted by Crippen LogP contribution is -2.51. The highest BCUT2D eigenvalue weighted by atomic mass is 16.3. The maximum atomic E-state index is 10.2. The summed E-state index contributed by atoms with van der Waals surface area (Å²) in [5.41, 5.74) is 4.19. The number of anilines is 3. The first-order valence-electron chi connectivity index (χ1n) is 6.87. The van der Waals surface area contributed by atoms with Crippen LogP contribution in [0.15, 0.2) is 0 Å². The Kier molecular flexibility index (Phi) is 4.75. The van der Waals surface area contributed by atoms with Gasteiger partial charge in [0.15, 0.2) is 0 Å². The Balaban J connectivity index is 3.08. The van der Waals surface area contributed by atoms with Crippen molar-refractivity contribution in [3.8, 4) is 0 Å². The van der Waals surface area contributed by atoms with Crippen LogP contribution in [0.5, 0.6) is 0 Å². The molecule has 0 aliphatic heterocycles. The summed E-state index contributed by atoms with van der Waals surface area (Å²) in [6, 6.07) is 0. The first-order chi connectivity index (χ1) is 9.10. The molecule has 7 nitrogen and oxygen atoms in total. The number of nitrogens with zero attached hydrogens (tertiary/aromatic N) is 4. The molecular formula is C13H26N6O. The molecule has 0 bridgehead atoms. The quantitative estimate of drug-likeness (QED) is 0.722. The maximum absolute atomic E-state index is 10.2. The van der Waals surface area contributed by atoms with Gasteiger partial charge in [-0.1, -0.05) is 0 Å². The van der Waals surface area contributed by atoms with Crippen LogP contribution in [0.4, 0.5) is 17.8 Å². The topological polar surface area (TPSA) is 100 Å². The number of hydrogen-bond donors (Lipinski definition) is 3. The number of rotatable bonds is 6. The summed E-state index contributed by atoms with van der Waals surface area (Å²) in [6.45, 7) is 12.8. The molecule has 20 heavy (non-hydrogen) atoms. The highest BCUT2D eigenvalue weighted by Gasteiger charge is 2.35. The lowest BCUT2D eigenvalue weighted by atomic mass is 9.86. The van der Waals surface area contributed by atoms with E-state index in [0.717, 1.165) is 13.1 Å². The molecule has 4 N–H and O–H groups in total. The highest BCUT2D eigenvalue weighted by Crippen LogP contribution is 2.25. The molecule has 0 radical (unpaired) electrons. The van der Waals surface area contributed by atoms with Crippen LogP contribution in [-0.4, -0.2) is 44.3 Å². The van der Waals surface area contributed by atoms with E-state index < -0.39 is 11.1 Å². The summed E-state index contributed by atoms with van der Waals surface area (Å²) in [7, 11) is 0. The molecule has 0 aliphatic carbocycles. The van der Waals surface area contributed by atoms with Gasteiger partial charge in [0.1, 0.15) is 0 Å². The fourth-order valence-corrected chi connectivity index (χ4v) is 1.52. The first kappa shape index (κ1) is 16.4. The molecule has 7 heteroatoms. The molecule has 0 amide bonds. The van der Waals surface area contributed by atoms with Crippen LogP contribution < -0.4 is 16.0 Å². The third kappa shape index (κ3) is 3.69. The van der Waals surface area contributed by atoms with Crippen LogP contribution in [0.1, 0.15) is 41.5 Å². The summed E-state index contributed by atoms with van der Waals surface area (Å²) in [6.07, 6.45) is 0. The van der Waals surface area contributed by atoms with E-state index in [2.05, 4.69) is 20.3 Å². The smallest absolute Gasteiger partial charge is 0.231 e. The van der Waals surface area contributed by atoms with Crippen molar-refractivity contribution in [2.24, 2.45) is 0 Å². The van der Waals surface area contributed by atoms with E-state index in [0.29, 0.717) is 11.9 Å².